The Morgan fingerprint density at radius 2 is 1.83 bits per heavy atom. The SMILES string of the molecule is COc1cc(C(=O)NCC(=O)NCc2ccccc2)cc(Cl)c1OCCC(C)C. The maximum atomic E-state index is 12.4. The van der Waals surface area contributed by atoms with Crippen LogP contribution in [0.3, 0.4) is 0 Å². The number of methoxy groups -OCH3 is 1. The lowest BCUT2D eigenvalue weighted by molar-refractivity contribution is -0.120. The average molecular weight is 419 g/mol. The van der Waals surface area contributed by atoms with Gasteiger partial charge in [-0.3, -0.25) is 9.59 Å². The maximum absolute atomic E-state index is 12.4. The first-order chi connectivity index (χ1) is 13.9. The minimum Gasteiger partial charge on any atom is -0.493 e. The Labute approximate surface area is 176 Å². The first-order valence-electron chi connectivity index (χ1n) is 9.49. The smallest absolute Gasteiger partial charge is 0.251 e. The number of carbonyl (C=O) groups is 2. The fourth-order valence-electron chi connectivity index (χ4n) is 2.51. The van der Waals surface area contributed by atoms with Gasteiger partial charge in [-0.05, 0) is 30.0 Å². The van der Waals surface area contributed by atoms with Crippen LogP contribution in [-0.2, 0) is 11.3 Å². The monoisotopic (exact) mass is 418 g/mol. The molecule has 0 heterocycles. The van der Waals surface area contributed by atoms with Crippen LogP contribution in [0.4, 0.5) is 0 Å². The van der Waals surface area contributed by atoms with Gasteiger partial charge in [0, 0.05) is 12.1 Å². The molecule has 0 aliphatic heterocycles. The molecule has 0 atom stereocenters. The van der Waals surface area contributed by atoms with Gasteiger partial charge in [-0.25, -0.2) is 0 Å². The molecule has 2 N–H and O–H groups in total. The average Bonchev–Trinajstić information content (AvgIpc) is 2.71. The van der Waals surface area contributed by atoms with Crippen molar-refractivity contribution in [2.24, 2.45) is 5.92 Å². The topological polar surface area (TPSA) is 76.7 Å². The number of hydrogen-bond donors (Lipinski definition) is 2. The van der Waals surface area contributed by atoms with Gasteiger partial charge in [0.15, 0.2) is 11.5 Å². The van der Waals surface area contributed by atoms with E-state index in [-0.39, 0.29) is 17.5 Å². The van der Waals surface area contributed by atoms with Gasteiger partial charge in [0.05, 0.1) is 25.3 Å². The van der Waals surface area contributed by atoms with Gasteiger partial charge in [-0.1, -0.05) is 55.8 Å². The molecule has 29 heavy (non-hydrogen) atoms. The van der Waals surface area contributed by atoms with E-state index in [0.29, 0.717) is 36.1 Å². The number of amides is 2. The Morgan fingerprint density at radius 3 is 2.48 bits per heavy atom. The van der Waals surface area contributed by atoms with E-state index in [4.69, 9.17) is 21.1 Å². The molecule has 6 nitrogen and oxygen atoms in total. The molecule has 156 valence electrons. The van der Waals surface area contributed by atoms with Gasteiger partial charge in [0.2, 0.25) is 5.91 Å². The number of halogens is 1. The summed E-state index contributed by atoms with van der Waals surface area (Å²) in [6.45, 7) is 4.97. The summed E-state index contributed by atoms with van der Waals surface area (Å²) in [5.74, 6) is 0.576. The molecular weight excluding hydrogens is 392 g/mol. The molecular formula is C22H27ClN2O4. The highest BCUT2D eigenvalue weighted by atomic mass is 35.5. The van der Waals surface area contributed by atoms with Crippen LogP contribution >= 0.6 is 11.6 Å². The Hall–Kier alpha value is -2.73. The second-order valence-electron chi connectivity index (χ2n) is 6.97. The summed E-state index contributed by atoms with van der Waals surface area (Å²) in [5.41, 5.74) is 1.27. The lowest BCUT2D eigenvalue weighted by atomic mass is 10.1. The van der Waals surface area contributed by atoms with Gasteiger partial charge in [-0.2, -0.15) is 0 Å². The molecule has 0 aromatic heterocycles. The summed E-state index contributed by atoms with van der Waals surface area (Å²) in [5, 5.41) is 5.63. The number of hydrogen-bond acceptors (Lipinski definition) is 4. The van der Waals surface area contributed by atoms with Crippen LogP contribution in [0.2, 0.25) is 5.02 Å². The van der Waals surface area contributed by atoms with E-state index in [0.717, 1.165) is 12.0 Å². The largest absolute Gasteiger partial charge is 0.493 e. The van der Waals surface area contributed by atoms with Crippen molar-refractivity contribution in [2.45, 2.75) is 26.8 Å². The van der Waals surface area contributed by atoms with Gasteiger partial charge in [0.1, 0.15) is 0 Å². The Bertz CT molecular complexity index is 825. The van der Waals surface area contributed by atoms with E-state index in [1.807, 2.05) is 30.3 Å². The Morgan fingerprint density at radius 1 is 1.10 bits per heavy atom. The van der Waals surface area contributed by atoms with Crippen molar-refractivity contribution in [3.63, 3.8) is 0 Å². The fourth-order valence-corrected chi connectivity index (χ4v) is 2.77. The second-order valence-corrected chi connectivity index (χ2v) is 7.37. The third-order valence-corrected chi connectivity index (χ3v) is 4.46. The van der Waals surface area contributed by atoms with Crippen molar-refractivity contribution < 1.29 is 19.1 Å². The minimum absolute atomic E-state index is 0.141. The quantitative estimate of drug-likeness (QED) is 0.615. The summed E-state index contributed by atoms with van der Waals surface area (Å²) in [6, 6.07) is 12.6. The molecule has 2 rings (SSSR count). The van der Waals surface area contributed by atoms with Crippen molar-refractivity contribution >= 4 is 23.4 Å². The summed E-state index contributed by atoms with van der Waals surface area (Å²) < 4.78 is 11.0. The van der Waals surface area contributed by atoms with Crippen LogP contribution < -0.4 is 20.1 Å². The first kappa shape index (κ1) is 22.6. The van der Waals surface area contributed by atoms with Gasteiger partial charge < -0.3 is 20.1 Å². The summed E-state index contributed by atoms with van der Waals surface area (Å²) in [6.07, 6.45) is 0.875. The molecule has 2 aromatic rings. The minimum atomic E-state index is -0.422. The summed E-state index contributed by atoms with van der Waals surface area (Å²) in [4.78, 5) is 24.4. The predicted molar refractivity (Wildman–Crippen MR) is 114 cm³/mol. The maximum Gasteiger partial charge on any atom is 0.251 e. The molecule has 0 aliphatic carbocycles. The first-order valence-corrected chi connectivity index (χ1v) is 9.87. The van der Waals surface area contributed by atoms with E-state index in [9.17, 15) is 9.59 Å². The lowest BCUT2D eigenvalue weighted by Crippen LogP contribution is -2.36. The van der Waals surface area contributed by atoms with E-state index in [2.05, 4.69) is 24.5 Å². The highest BCUT2D eigenvalue weighted by molar-refractivity contribution is 6.32. The Balaban J connectivity index is 1.92. The van der Waals surface area contributed by atoms with Crippen LogP contribution in [0.25, 0.3) is 0 Å². The molecule has 0 saturated carbocycles. The highest BCUT2D eigenvalue weighted by Gasteiger charge is 2.16. The van der Waals surface area contributed by atoms with Gasteiger partial charge >= 0.3 is 0 Å². The van der Waals surface area contributed by atoms with Gasteiger partial charge in [-0.15, -0.1) is 0 Å². The molecule has 0 bridgehead atoms. The van der Waals surface area contributed by atoms with E-state index >= 15 is 0 Å². The molecule has 0 fully saturated rings. The van der Waals surface area contributed by atoms with Crippen molar-refractivity contribution in [1.29, 1.82) is 0 Å². The summed E-state index contributed by atoms with van der Waals surface area (Å²) >= 11 is 6.29. The number of benzene rings is 2. The lowest BCUT2D eigenvalue weighted by Gasteiger charge is -2.15. The van der Waals surface area contributed by atoms with Crippen LogP contribution in [0, 0.1) is 5.92 Å². The molecule has 2 amide bonds. The van der Waals surface area contributed by atoms with E-state index < -0.39 is 5.91 Å². The molecule has 0 saturated heterocycles. The van der Waals surface area contributed by atoms with Crippen LogP contribution in [0.5, 0.6) is 11.5 Å². The number of carbonyl (C=O) groups excluding carboxylic acids is 2. The molecule has 0 spiro atoms. The molecule has 0 aliphatic rings. The van der Waals surface area contributed by atoms with Gasteiger partial charge in [0.25, 0.3) is 5.91 Å². The normalized spacial score (nSPS) is 10.5. The summed E-state index contributed by atoms with van der Waals surface area (Å²) in [7, 11) is 1.49. The molecule has 0 unspecified atom stereocenters. The third-order valence-electron chi connectivity index (χ3n) is 4.18. The molecule has 7 heteroatoms. The third kappa shape index (κ3) is 7.31. The van der Waals surface area contributed by atoms with Crippen molar-refractivity contribution in [3.05, 3.63) is 58.6 Å². The van der Waals surface area contributed by atoms with Crippen molar-refractivity contribution in [1.82, 2.24) is 10.6 Å². The van der Waals surface area contributed by atoms with Crippen molar-refractivity contribution in [3.8, 4) is 11.5 Å². The van der Waals surface area contributed by atoms with Crippen molar-refractivity contribution in [2.75, 3.05) is 20.3 Å². The standard InChI is InChI=1S/C22H27ClN2O4/c1-15(2)9-10-29-21-18(23)11-17(12-19(21)28-3)22(27)25-14-20(26)24-13-16-7-5-4-6-8-16/h4-8,11-12,15H,9-10,13-14H2,1-3H3,(H,24,26)(H,25,27). The zero-order chi connectivity index (χ0) is 21.2. The van der Waals surface area contributed by atoms with E-state index in [1.54, 1.807) is 6.07 Å². The zero-order valence-corrected chi connectivity index (χ0v) is 17.7. The number of ether oxygens (including phenoxy) is 2. The van der Waals surface area contributed by atoms with Crippen LogP contribution in [0.15, 0.2) is 42.5 Å². The van der Waals surface area contributed by atoms with Crippen LogP contribution in [0.1, 0.15) is 36.2 Å². The molecule has 0 radical (unpaired) electrons. The second kappa shape index (κ2) is 11.3. The predicted octanol–water partition coefficient (Wildman–Crippen LogP) is 3.82. The van der Waals surface area contributed by atoms with Crippen LogP contribution in [-0.4, -0.2) is 32.1 Å². The fraction of sp³-hybridized carbons (Fsp3) is 0.364. The Kier molecular flexibility index (Phi) is 8.80. The molecule has 2 aromatic carbocycles. The zero-order valence-electron chi connectivity index (χ0n) is 17.0. The highest BCUT2D eigenvalue weighted by Crippen LogP contribution is 2.36. The van der Waals surface area contributed by atoms with E-state index in [1.165, 1.54) is 13.2 Å². The number of rotatable bonds is 10. The number of nitrogens with one attached hydrogen (secondary N) is 2.